The van der Waals surface area contributed by atoms with Gasteiger partial charge >= 0.3 is 30.0 Å². The van der Waals surface area contributed by atoms with Gasteiger partial charge in [-0.1, -0.05) is 0 Å². The number of nitrogens with zero attached hydrogens (tertiary/aromatic N) is 1. The molecule has 2 aliphatic heterocycles. The Morgan fingerprint density at radius 2 is 1.87 bits per heavy atom. The van der Waals surface area contributed by atoms with E-state index >= 15 is 0 Å². The minimum absolute atomic E-state index is 0.333. The van der Waals surface area contributed by atoms with Crippen LogP contribution in [0.1, 0.15) is 13.3 Å². The second kappa shape index (κ2) is 5.23. The number of ether oxygens (including phenoxy) is 2. The van der Waals surface area contributed by atoms with Gasteiger partial charge in [0.1, 0.15) is 12.1 Å². The molecule has 23 heavy (non-hydrogen) atoms. The number of carbonyl (C=O) groups is 2. The monoisotopic (exact) mass is 351 g/mol. The van der Waals surface area contributed by atoms with Crippen molar-refractivity contribution in [3.63, 3.8) is 0 Å². The van der Waals surface area contributed by atoms with Crippen LogP contribution in [0.3, 0.4) is 0 Å². The molecule has 2 aliphatic rings. The molecular formula is C11H11F6NO5. The van der Waals surface area contributed by atoms with E-state index < -0.39 is 59.5 Å². The van der Waals surface area contributed by atoms with Crippen LogP contribution in [0, 0.1) is 0 Å². The normalized spacial score (nSPS) is 31.0. The van der Waals surface area contributed by atoms with Crippen LogP contribution in [-0.2, 0) is 19.1 Å². The highest BCUT2D eigenvalue weighted by Crippen LogP contribution is 2.55. The molecule has 0 aromatic heterocycles. The summed E-state index contributed by atoms with van der Waals surface area (Å²) in [5.74, 6) is -3.32. The average Bonchev–Trinajstić information content (AvgIpc) is 2.83. The first-order valence-corrected chi connectivity index (χ1v) is 6.38. The Bertz CT molecular complexity index is 504. The number of carbonyl (C=O) groups excluding carboxylic acids is 2. The van der Waals surface area contributed by atoms with Crippen LogP contribution in [0.2, 0.25) is 0 Å². The van der Waals surface area contributed by atoms with Gasteiger partial charge in [-0.3, -0.25) is 9.59 Å². The first kappa shape index (κ1) is 17.8. The zero-order valence-electron chi connectivity index (χ0n) is 11.4. The van der Waals surface area contributed by atoms with E-state index in [-0.39, 0.29) is 6.61 Å². The zero-order chi connectivity index (χ0) is 17.8. The molecule has 2 saturated heterocycles. The Morgan fingerprint density at radius 1 is 1.35 bits per heavy atom. The van der Waals surface area contributed by atoms with Crippen molar-refractivity contribution in [3.05, 3.63) is 0 Å². The molecule has 0 bridgehead atoms. The predicted molar refractivity (Wildman–Crippen MR) is 57.6 cm³/mol. The Balaban J connectivity index is 2.60. The first-order chi connectivity index (χ1) is 10.4. The van der Waals surface area contributed by atoms with Gasteiger partial charge in [-0.15, -0.1) is 0 Å². The standard InChI is InChI=1S/C11H11F6NO5/c1-2-22-8(21)6-5(19)3-4-7(20)23-9(18(4)6,10(12,13)14)11(15,16)17/h4-6,19H,2-3H2,1H3/t4-,5-,6-/m0/s1. The Morgan fingerprint density at radius 3 is 2.30 bits per heavy atom. The summed E-state index contributed by atoms with van der Waals surface area (Å²) in [6.45, 7) is 0.948. The fraction of sp³-hybridized carbons (Fsp3) is 0.818. The quantitative estimate of drug-likeness (QED) is 0.584. The van der Waals surface area contributed by atoms with Gasteiger partial charge in [0.25, 0.3) is 0 Å². The summed E-state index contributed by atoms with van der Waals surface area (Å²) in [4.78, 5) is 22.8. The topological polar surface area (TPSA) is 76.1 Å². The van der Waals surface area contributed by atoms with E-state index in [1.54, 1.807) is 0 Å². The van der Waals surface area contributed by atoms with Crippen molar-refractivity contribution in [2.75, 3.05) is 6.61 Å². The number of aliphatic hydroxyl groups is 1. The molecule has 1 N–H and O–H groups in total. The van der Waals surface area contributed by atoms with E-state index in [4.69, 9.17) is 0 Å². The molecule has 0 amide bonds. The lowest BCUT2D eigenvalue weighted by Gasteiger charge is -2.40. The molecule has 0 radical (unpaired) electrons. The maximum absolute atomic E-state index is 13.2. The van der Waals surface area contributed by atoms with E-state index in [0.29, 0.717) is 0 Å². The lowest BCUT2D eigenvalue weighted by Crippen LogP contribution is -2.69. The van der Waals surface area contributed by atoms with E-state index in [0.717, 1.165) is 0 Å². The van der Waals surface area contributed by atoms with Crippen molar-refractivity contribution in [1.82, 2.24) is 4.90 Å². The van der Waals surface area contributed by atoms with Crippen molar-refractivity contribution in [3.8, 4) is 0 Å². The van der Waals surface area contributed by atoms with Gasteiger partial charge in [-0.2, -0.15) is 26.3 Å². The molecule has 0 aromatic rings. The SMILES string of the molecule is CCOC(=O)[C@@H]1[C@@H](O)C[C@H]2C(=O)OC(C(F)(F)F)(C(F)(F)F)N12. The third kappa shape index (κ3) is 2.35. The molecule has 0 saturated carbocycles. The van der Waals surface area contributed by atoms with Crippen LogP contribution >= 0.6 is 0 Å². The van der Waals surface area contributed by atoms with Crippen LogP contribution in [0.5, 0.6) is 0 Å². The first-order valence-electron chi connectivity index (χ1n) is 6.38. The zero-order valence-corrected chi connectivity index (χ0v) is 11.4. The van der Waals surface area contributed by atoms with Gasteiger partial charge in [0.2, 0.25) is 0 Å². The van der Waals surface area contributed by atoms with Gasteiger partial charge in [-0.05, 0) is 6.92 Å². The summed E-state index contributed by atoms with van der Waals surface area (Å²) in [5.41, 5.74) is -5.00. The second-order valence-corrected chi connectivity index (χ2v) is 4.98. The summed E-state index contributed by atoms with van der Waals surface area (Å²) in [5, 5.41) is 9.69. The molecule has 12 heteroatoms. The number of cyclic esters (lactones) is 1. The smallest absolute Gasteiger partial charge is 0.453 e. The highest BCUT2D eigenvalue weighted by atomic mass is 19.4. The lowest BCUT2D eigenvalue weighted by molar-refractivity contribution is -0.403. The molecule has 2 rings (SSSR count). The number of rotatable bonds is 2. The largest absolute Gasteiger partial charge is 0.465 e. The summed E-state index contributed by atoms with van der Waals surface area (Å²) >= 11 is 0. The third-order valence-electron chi connectivity index (χ3n) is 3.65. The highest BCUT2D eigenvalue weighted by Gasteiger charge is 2.85. The van der Waals surface area contributed by atoms with Gasteiger partial charge in [0.15, 0.2) is 0 Å². The minimum Gasteiger partial charge on any atom is -0.465 e. The number of esters is 2. The van der Waals surface area contributed by atoms with Crippen molar-refractivity contribution < 1.29 is 50.5 Å². The fourth-order valence-electron chi connectivity index (χ4n) is 2.81. The molecular weight excluding hydrogens is 340 g/mol. The van der Waals surface area contributed by atoms with E-state index in [1.165, 1.54) is 6.92 Å². The molecule has 2 heterocycles. The van der Waals surface area contributed by atoms with Gasteiger partial charge < -0.3 is 14.6 Å². The molecule has 6 nitrogen and oxygen atoms in total. The van der Waals surface area contributed by atoms with Crippen molar-refractivity contribution in [1.29, 1.82) is 0 Å². The van der Waals surface area contributed by atoms with Crippen LogP contribution in [-0.4, -0.2) is 64.8 Å². The van der Waals surface area contributed by atoms with Crippen molar-refractivity contribution >= 4 is 11.9 Å². The number of halogens is 6. The summed E-state index contributed by atoms with van der Waals surface area (Å²) < 4.78 is 87.3. The third-order valence-corrected chi connectivity index (χ3v) is 3.65. The van der Waals surface area contributed by atoms with E-state index in [1.807, 2.05) is 0 Å². The Kier molecular flexibility index (Phi) is 4.04. The number of fused-ring (bicyclic) bond motifs is 1. The van der Waals surface area contributed by atoms with Gasteiger partial charge in [0.05, 0.1) is 12.7 Å². The fourth-order valence-corrected chi connectivity index (χ4v) is 2.81. The summed E-state index contributed by atoms with van der Waals surface area (Å²) in [7, 11) is 0. The minimum atomic E-state index is -6.08. The lowest BCUT2D eigenvalue weighted by atomic mass is 10.1. The number of hydrogen-bond acceptors (Lipinski definition) is 6. The van der Waals surface area contributed by atoms with Crippen molar-refractivity contribution in [2.24, 2.45) is 0 Å². The molecule has 0 aromatic carbocycles. The molecule has 0 aliphatic carbocycles. The molecule has 132 valence electrons. The van der Waals surface area contributed by atoms with E-state index in [2.05, 4.69) is 9.47 Å². The average molecular weight is 351 g/mol. The molecule has 2 fully saturated rings. The van der Waals surface area contributed by atoms with Crippen LogP contribution in [0.4, 0.5) is 26.3 Å². The van der Waals surface area contributed by atoms with E-state index in [9.17, 15) is 41.0 Å². The van der Waals surface area contributed by atoms with Gasteiger partial charge in [0, 0.05) is 6.42 Å². The maximum atomic E-state index is 13.2. The summed E-state index contributed by atoms with van der Waals surface area (Å²) in [6.07, 6.45) is -14.9. The predicted octanol–water partition coefficient (Wildman–Crippen LogP) is 0.731. The number of aliphatic hydroxyl groups excluding tert-OH is 1. The maximum Gasteiger partial charge on any atom is 0.453 e. The molecule has 0 spiro atoms. The Labute approximate surface area is 124 Å². The van der Waals surface area contributed by atoms with Crippen LogP contribution in [0.25, 0.3) is 0 Å². The highest BCUT2D eigenvalue weighted by molar-refractivity contribution is 5.84. The Hall–Kier alpha value is -1.56. The van der Waals surface area contributed by atoms with Crippen LogP contribution < -0.4 is 0 Å². The molecule has 0 unspecified atom stereocenters. The van der Waals surface area contributed by atoms with Crippen LogP contribution in [0.15, 0.2) is 0 Å². The number of alkyl halides is 6. The second-order valence-electron chi connectivity index (χ2n) is 4.98. The summed E-state index contributed by atoms with van der Waals surface area (Å²) in [6, 6.07) is -4.38. The molecule has 3 atom stereocenters. The number of hydrogen-bond donors (Lipinski definition) is 1. The van der Waals surface area contributed by atoms with Crippen molar-refractivity contribution in [2.45, 2.75) is 49.6 Å². The van der Waals surface area contributed by atoms with Gasteiger partial charge in [-0.25, -0.2) is 4.90 Å².